The Morgan fingerprint density at radius 2 is 2.13 bits per heavy atom. The van der Waals surface area contributed by atoms with E-state index in [2.05, 4.69) is 22.6 Å². The molecule has 1 aromatic heterocycles. The summed E-state index contributed by atoms with van der Waals surface area (Å²) >= 11 is 0. The maximum atomic E-state index is 5.11. The largest absolute Gasteiger partial charge is 0.302 e. The summed E-state index contributed by atoms with van der Waals surface area (Å²) in [6.45, 7) is 3.30. The lowest BCUT2D eigenvalue weighted by molar-refractivity contribution is 0.0465. The summed E-state index contributed by atoms with van der Waals surface area (Å²) < 4.78 is 0. The third-order valence-electron chi connectivity index (χ3n) is 2.26. The van der Waals surface area contributed by atoms with E-state index in [1.807, 2.05) is 31.5 Å². The second-order valence-electron chi connectivity index (χ2n) is 3.27. The Bertz CT molecular complexity index is 437. The summed E-state index contributed by atoms with van der Waals surface area (Å²) in [6, 6.07) is 8.21. The lowest BCUT2D eigenvalue weighted by Gasteiger charge is -2.06. The fourth-order valence-corrected chi connectivity index (χ4v) is 1.55. The van der Waals surface area contributed by atoms with Gasteiger partial charge in [-0.05, 0) is 17.9 Å². The molecule has 0 saturated carbocycles. The van der Waals surface area contributed by atoms with Gasteiger partial charge in [-0.3, -0.25) is 4.98 Å². The smallest absolute Gasteiger partial charge is 0.0654 e. The molecule has 0 unspecified atom stereocenters. The van der Waals surface area contributed by atoms with Crippen LogP contribution in [-0.4, -0.2) is 11.6 Å². The zero-order chi connectivity index (χ0) is 10.5. The summed E-state index contributed by atoms with van der Waals surface area (Å²) in [5.41, 5.74) is 4.06. The van der Waals surface area contributed by atoms with Crippen molar-refractivity contribution in [3.63, 3.8) is 0 Å². The Labute approximate surface area is 89.0 Å². The first-order chi connectivity index (χ1) is 7.42. The molecule has 0 saturated heterocycles. The Kier molecular flexibility index (Phi) is 3.27. The highest BCUT2D eigenvalue weighted by Gasteiger charge is 1.99. The predicted molar refractivity (Wildman–Crippen MR) is 60.2 cm³/mol. The fraction of sp³-hybridized carbons (Fsp3) is 0.250. The van der Waals surface area contributed by atoms with Crippen LogP contribution >= 0.6 is 0 Å². The number of rotatable bonds is 4. The van der Waals surface area contributed by atoms with Crippen LogP contribution in [0.3, 0.4) is 0 Å². The lowest BCUT2D eigenvalue weighted by Crippen LogP contribution is -2.13. The minimum atomic E-state index is 0.665. The van der Waals surface area contributed by atoms with Crippen LogP contribution in [0.5, 0.6) is 0 Å². The highest BCUT2D eigenvalue weighted by Crippen LogP contribution is 2.16. The molecule has 0 amide bonds. The number of hydrogen-bond donors (Lipinski definition) is 1. The van der Waals surface area contributed by atoms with Crippen LogP contribution in [0.4, 0.5) is 0 Å². The van der Waals surface area contributed by atoms with Crippen LogP contribution in [0.2, 0.25) is 0 Å². The molecular formula is C12H14N2O. The first-order valence-electron chi connectivity index (χ1n) is 5.08. The number of fused-ring (bicyclic) bond motifs is 1. The van der Waals surface area contributed by atoms with Gasteiger partial charge in [0.1, 0.15) is 0 Å². The average molecular weight is 202 g/mol. The molecule has 0 atom stereocenters. The molecule has 3 nitrogen and oxygen atoms in total. The van der Waals surface area contributed by atoms with Crippen LogP contribution < -0.4 is 5.48 Å². The number of hydroxylamine groups is 1. The van der Waals surface area contributed by atoms with Gasteiger partial charge in [0, 0.05) is 24.3 Å². The van der Waals surface area contributed by atoms with E-state index in [0.29, 0.717) is 13.2 Å². The monoisotopic (exact) mass is 202 g/mol. The normalized spacial score (nSPS) is 10.7. The Morgan fingerprint density at radius 3 is 3.00 bits per heavy atom. The Morgan fingerprint density at radius 1 is 1.27 bits per heavy atom. The third-order valence-corrected chi connectivity index (χ3v) is 2.26. The first-order valence-corrected chi connectivity index (χ1v) is 5.08. The van der Waals surface area contributed by atoms with Crippen molar-refractivity contribution in [3.8, 4) is 0 Å². The zero-order valence-corrected chi connectivity index (χ0v) is 8.73. The molecule has 0 aliphatic carbocycles. The van der Waals surface area contributed by atoms with Gasteiger partial charge in [-0.15, -0.1) is 0 Å². The van der Waals surface area contributed by atoms with E-state index in [9.17, 15) is 0 Å². The second-order valence-corrected chi connectivity index (χ2v) is 3.27. The van der Waals surface area contributed by atoms with E-state index in [4.69, 9.17) is 4.84 Å². The third kappa shape index (κ3) is 2.32. The van der Waals surface area contributed by atoms with Crippen molar-refractivity contribution in [3.05, 3.63) is 42.2 Å². The van der Waals surface area contributed by atoms with Gasteiger partial charge in [-0.1, -0.05) is 24.3 Å². The second kappa shape index (κ2) is 4.87. The summed E-state index contributed by atoms with van der Waals surface area (Å²) in [4.78, 5) is 9.30. The fourth-order valence-electron chi connectivity index (χ4n) is 1.55. The number of nitrogens with one attached hydrogen (secondary N) is 1. The molecule has 0 aliphatic heterocycles. The summed E-state index contributed by atoms with van der Waals surface area (Å²) in [6.07, 6.45) is 3.74. The van der Waals surface area contributed by atoms with Gasteiger partial charge in [0.2, 0.25) is 0 Å². The van der Waals surface area contributed by atoms with Crippen LogP contribution in [0.25, 0.3) is 10.8 Å². The Hall–Kier alpha value is -1.45. The molecule has 0 aliphatic rings. The number of nitrogens with zero attached hydrogens (tertiary/aromatic N) is 1. The molecule has 15 heavy (non-hydrogen) atoms. The predicted octanol–water partition coefficient (Wildman–Crippen LogP) is 2.28. The lowest BCUT2D eigenvalue weighted by atomic mass is 10.1. The van der Waals surface area contributed by atoms with E-state index in [1.165, 1.54) is 5.39 Å². The van der Waals surface area contributed by atoms with E-state index < -0.39 is 0 Å². The van der Waals surface area contributed by atoms with Crippen LogP contribution in [0.15, 0.2) is 36.7 Å². The zero-order valence-electron chi connectivity index (χ0n) is 8.73. The van der Waals surface area contributed by atoms with Crippen molar-refractivity contribution in [2.45, 2.75) is 13.5 Å². The number of pyridine rings is 1. The van der Waals surface area contributed by atoms with Gasteiger partial charge < -0.3 is 4.84 Å². The van der Waals surface area contributed by atoms with Crippen molar-refractivity contribution in [2.75, 3.05) is 6.61 Å². The SMILES string of the molecule is CCONCc1cncc2ccccc12. The molecule has 0 radical (unpaired) electrons. The molecule has 1 N–H and O–H groups in total. The van der Waals surface area contributed by atoms with Gasteiger partial charge in [-0.25, -0.2) is 0 Å². The van der Waals surface area contributed by atoms with Crippen LogP contribution in [0, 0.1) is 0 Å². The van der Waals surface area contributed by atoms with Crippen molar-refractivity contribution < 1.29 is 4.84 Å². The molecule has 0 spiro atoms. The molecule has 1 aromatic carbocycles. The van der Waals surface area contributed by atoms with Gasteiger partial charge in [0.25, 0.3) is 0 Å². The molecule has 3 heteroatoms. The molecular weight excluding hydrogens is 188 g/mol. The van der Waals surface area contributed by atoms with Gasteiger partial charge in [0.05, 0.1) is 6.61 Å². The van der Waals surface area contributed by atoms with E-state index in [0.717, 1.165) is 10.9 Å². The van der Waals surface area contributed by atoms with E-state index in [-0.39, 0.29) is 0 Å². The summed E-state index contributed by atoms with van der Waals surface area (Å²) in [5.74, 6) is 0. The van der Waals surface area contributed by atoms with Crippen molar-refractivity contribution in [1.29, 1.82) is 0 Å². The topological polar surface area (TPSA) is 34.1 Å². The first kappa shape index (κ1) is 10.1. The highest BCUT2D eigenvalue weighted by molar-refractivity contribution is 5.84. The van der Waals surface area contributed by atoms with Crippen molar-refractivity contribution in [1.82, 2.24) is 10.5 Å². The number of aromatic nitrogens is 1. The molecule has 2 rings (SSSR count). The molecule has 0 fully saturated rings. The van der Waals surface area contributed by atoms with Crippen LogP contribution in [-0.2, 0) is 11.4 Å². The van der Waals surface area contributed by atoms with Gasteiger partial charge in [-0.2, -0.15) is 5.48 Å². The van der Waals surface area contributed by atoms with E-state index in [1.54, 1.807) is 0 Å². The van der Waals surface area contributed by atoms with Crippen LogP contribution in [0.1, 0.15) is 12.5 Å². The van der Waals surface area contributed by atoms with Crippen molar-refractivity contribution in [2.24, 2.45) is 0 Å². The van der Waals surface area contributed by atoms with Gasteiger partial charge >= 0.3 is 0 Å². The van der Waals surface area contributed by atoms with Gasteiger partial charge in [0.15, 0.2) is 0 Å². The minimum Gasteiger partial charge on any atom is -0.302 e. The molecule has 0 bridgehead atoms. The highest BCUT2D eigenvalue weighted by atomic mass is 16.6. The molecule has 1 heterocycles. The standard InChI is InChI=1S/C12H14N2O/c1-2-15-14-9-11-8-13-7-10-5-3-4-6-12(10)11/h3-8,14H,2,9H2,1H3. The Balaban J connectivity index is 2.26. The van der Waals surface area contributed by atoms with E-state index >= 15 is 0 Å². The molecule has 78 valence electrons. The number of benzene rings is 1. The summed E-state index contributed by atoms with van der Waals surface area (Å²) in [7, 11) is 0. The number of hydrogen-bond acceptors (Lipinski definition) is 3. The maximum Gasteiger partial charge on any atom is 0.0654 e. The summed E-state index contributed by atoms with van der Waals surface area (Å²) in [5, 5.41) is 2.38. The average Bonchev–Trinajstić information content (AvgIpc) is 2.30. The maximum absolute atomic E-state index is 5.11. The minimum absolute atomic E-state index is 0.665. The molecule has 2 aromatic rings. The quantitative estimate of drug-likeness (QED) is 0.610. The van der Waals surface area contributed by atoms with Crippen molar-refractivity contribution >= 4 is 10.8 Å².